The molecule has 0 aliphatic rings. The van der Waals surface area contributed by atoms with E-state index in [4.69, 9.17) is 21.1 Å². The van der Waals surface area contributed by atoms with Crippen LogP contribution in [0.15, 0.2) is 22.6 Å². The minimum Gasteiger partial charge on any atom is -0.481 e. The maximum atomic E-state index is 10.4. The van der Waals surface area contributed by atoms with Gasteiger partial charge in [0, 0.05) is 0 Å². The van der Waals surface area contributed by atoms with Gasteiger partial charge in [-0.3, -0.25) is 4.79 Å². The Kier molecular flexibility index (Phi) is 2.13. The predicted octanol–water partition coefficient (Wildman–Crippen LogP) is 2.11. The van der Waals surface area contributed by atoms with Gasteiger partial charge in [0.2, 0.25) is 0 Å². The van der Waals surface area contributed by atoms with Gasteiger partial charge >= 0.3 is 5.97 Å². The molecule has 1 aromatic carbocycles. The molecule has 5 heteroatoms. The molecule has 0 spiro atoms. The Hall–Kier alpha value is -1.55. The van der Waals surface area contributed by atoms with E-state index >= 15 is 0 Å². The van der Waals surface area contributed by atoms with Crippen LogP contribution >= 0.6 is 11.6 Å². The fourth-order valence-electron chi connectivity index (χ4n) is 1.23. The van der Waals surface area contributed by atoms with Crippen LogP contribution in [0.5, 0.6) is 0 Å². The molecule has 0 saturated heterocycles. The molecule has 0 aliphatic heterocycles. The first-order valence-corrected chi connectivity index (χ1v) is 4.30. The SMILES string of the molecule is O=C(O)Cc1ccc2nc(Cl)oc2c1. The van der Waals surface area contributed by atoms with Gasteiger partial charge in [-0.25, -0.2) is 0 Å². The molecule has 2 rings (SSSR count). The Morgan fingerprint density at radius 3 is 3.07 bits per heavy atom. The molecule has 0 amide bonds. The van der Waals surface area contributed by atoms with Crippen LogP contribution < -0.4 is 0 Å². The molecular formula is C9H6ClNO3. The summed E-state index contributed by atoms with van der Waals surface area (Å²) in [6.45, 7) is 0. The number of hydrogen-bond acceptors (Lipinski definition) is 3. The van der Waals surface area contributed by atoms with E-state index in [1.54, 1.807) is 18.2 Å². The molecule has 14 heavy (non-hydrogen) atoms. The second-order valence-corrected chi connectivity index (χ2v) is 3.16. The van der Waals surface area contributed by atoms with E-state index in [1.165, 1.54) is 0 Å². The Morgan fingerprint density at radius 1 is 1.57 bits per heavy atom. The Labute approximate surface area is 84.1 Å². The predicted molar refractivity (Wildman–Crippen MR) is 50.4 cm³/mol. The first-order chi connectivity index (χ1) is 6.65. The number of halogens is 1. The van der Waals surface area contributed by atoms with Crippen molar-refractivity contribution < 1.29 is 14.3 Å². The van der Waals surface area contributed by atoms with E-state index in [9.17, 15) is 4.79 Å². The van der Waals surface area contributed by atoms with Crippen LogP contribution in [0, 0.1) is 0 Å². The largest absolute Gasteiger partial charge is 0.481 e. The molecule has 72 valence electrons. The summed E-state index contributed by atoms with van der Waals surface area (Å²) in [6.07, 6.45) is -0.0335. The smallest absolute Gasteiger partial charge is 0.307 e. The zero-order chi connectivity index (χ0) is 10.1. The molecule has 0 unspecified atom stereocenters. The lowest BCUT2D eigenvalue weighted by Crippen LogP contribution is -1.99. The van der Waals surface area contributed by atoms with E-state index in [2.05, 4.69) is 4.98 Å². The van der Waals surface area contributed by atoms with Crippen molar-refractivity contribution in [1.82, 2.24) is 4.98 Å². The van der Waals surface area contributed by atoms with Gasteiger partial charge < -0.3 is 9.52 Å². The van der Waals surface area contributed by atoms with Gasteiger partial charge in [-0.15, -0.1) is 0 Å². The van der Waals surface area contributed by atoms with Gasteiger partial charge in [0.25, 0.3) is 5.35 Å². The van der Waals surface area contributed by atoms with Crippen molar-refractivity contribution in [2.75, 3.05) is 0 Å². The van der Waals surface area contributed by atoms with Crippen molar-refractivity contribution in [3.63, 3.8) is 0 Å². The standard InChI is InChI=1S/C9H6ClNO3/c10-9-11-6-2-1-5(4-8(12)13)3-7(6)14-9/h1-3H,4H2,(H,12,13). The van der Waals surface area contributed by atoms with Gasteiger partial charge in [0.1, 0.15) is 5.52 Å². The zero-order valence-electron chi connectivity index (χ0n) is 7.03. The molecule has 1 aromatic heterocycles. The van der Waals surface area contributed by atoms with Gasteiger partial charge in [0.15, 0.2) is 5.58 Å². The number of fused-ring (bicyclic) bond motifs is 1. The maximum absolute atomic E-state index is 10.4. The summed E-state index contributed by atoms with van der Waals surface area (Å²) in [6, 6.07) is 5.00. The Balaban J connectivity index is 2.45. The summed E-state index contributed by atoms with van der Waals surface area (Å²) in [5, 5.41) is 8.63. The van der Waals surface area contributed by atoms with Crippen molar-refractivity contribution in [3.8, 4) is 0 Å². The van der Waals surface area contributed by atoms with Gasteiger partial charge in [0.05, 0.1) is 6.42 Å². The van der Waals surface area contributed by atoms with E-state index in [1.807, 2.05) is 0 Å². The molecule has 0 bridgehead atoms. The molecule has 2 aromatic rings. The van der Waals surface area contributed by atoms with Gasteiger partial charge in [-0.1, -0.05) is 6.07 Å². The summed E-state index contributed by atoms with van der Waals surface area (Å²) in [4.78, 5) is 14.3. The molecule has 4 nitrogen and oxygen atoms in total. The second kappa shape index (κ2) is 3.31. The summed E-state index contributed by atoms with van der Waals surface area (Å²) in [7, 11) is 0. The van der Waals surface area contributed by atoms with Crippen LogP contribution in [0.4, 0.5) is 0 Å². The normalized spacial score (nSPS) is 10.6. The number of rotatable bonds is 2. The van der Waals surface area contributed by atoms with Gasteiger partial charge in [-0.05, 0) is 29.3 Å². The second-order valence-electron chi connectivity index (χ2n) is 2.84. The van der Waals surface area contributed by atoms with Crippen LogP contribution in [-0.4, -0.2) is 16.1 Å². The number of carboxylic acid groups (broad SMARTS) is 1. The van der Waals surface area contributed by atoms with Crippen molar-refractivity contribution in [2.45, 2.75) is 6.42 Å². The van der Waals surface area contributed by atoms with Crippen molar-refractivity contribution in [3.05, 3.63) is 29.1 Å². The number of nitrogens with zero attached hydrogens (tertiary/aromatic N) is 1. The van der Waals surface area contributed by atoms with Gasteiger partial charge in [-0.2, -0.15) is 4.98 Å². The average Bonchev–Trinajstić information content (AvgIpc) is 2.42. The first kappa shape index (κ1) is 9.02. The molecule has 0 saturated carbocycles. The quantitative estimate of drug-likeness (QED) is 0.826. The number of carboxylic acids is 1. The third-order valence-electron chi connectivity index (χ3n) is 1.78. The number of carbonyl (C=O) groups is 1. The monoisotopic (exact) mass is 211 g/mol. The summed E-state index contributed by atoms with van der Waals surface area (Å²) >= 11 is 5.55. The highest BCUT2D eigenvalue weighted by atomic mass is 35.5. The Morgan fingerprint density at radius 2 is 2.36 bits per heavy atom. The van der Waals surface area contributed by atoms with Crippen LogP contribution in [0.25, 0.3) is 11.1 Å². The van der Waals surface area contributed by atoms with Crippen molar-refractivity contribution in [1.29, 1.82) is 0 Å². The molecule has 0 fully saturated rings. The summed E-state index contributed by atoms with van der Waals surface area (Å²) in [5.74, 6) is -0.880. The minimum absolute atomic E-state index is 0.0335. The molecule has 0 aliphatic carbocycles. The molecule has 0 atom stereocenters. The minimum atomic E-state index is -0.880. The van der Waals surface area contributed by atoms with E-state index in [-0.39, 0.29) is 11.8 Å². The lowest BCUT2D eigenvalue weighted by atomic mass is 10.1. The zero-order valence-corrected chi connectivity index (χ0v) is 7.78. The molecular weight excluding hydrogens is 206 g/mol. The topological polar surface area (TPSA) is 63.3 Å². The van der Waals surface area contributed by atoms with E-state index < -0.39 is 5.97 Å². The number of aromatic nitrogens is 1. The highest BCUT2D eigenvalue weighted by molar-refractivity contribution is 6.28. The van der Waals surface area contributed by atoms with E-state index in [0.717, 1.165) is 0 Å². The van der Waals surface area contributed by atoms with E-state index in [0.29, 0.717) is 16.7 Å². The number of aliphatic carboxylic acids is 1. The lowest BCUT2D eigenvalue weighted by Gasteiger charge is -1.94. The number of benzene rings is 1. The van der Waals surface area contributed by atoms with Crippen molar-refractivity contribution >= 4 is 28.7 Å². The first-order valence-electron chi connectivity index (χ1n) is 3.92. The maximum Gasteiger partial charge on any atom is 0.307 e. The molecule has 0 radical (unpaired) electrons. The third-order valence-corrected chi connectivity index (χ3v) is 1.94. The lowest BCUT2D eigenvalue weighted by molar-refractivity contribution is -0.136. The molecule has 1 heterocycles. The Bertz CT molecular complexity index is 492. The van der Waals surface area contributed by atoms with Crippen molar-refractivity contribution in [2.24, 2.45) is 0 Å². The van der Waals surface area contributed by atoms with Crippen LogP contribution in [0.2, 0.25) is 5.35 Å². The van der Waals surface area contributed by atoms with Crippen LogP contribution in [-0.2, 0) is 11.2 Å². The number of oxazole rings is 1. The van der Waals surface area contributed by atoms with Crippen LogP contribution in [0.1, 0.15) is 5.56 Å². The average molecular weight is 212 g/mol. The van der Waals surface area contributed by atoms with Crippen LogP contribution in [0.3, 0.4) is 0 Å². The highest BCUT2D eigenvalue weighted by Gasteiger charge is 2.06. The highest BCUT2D eigenvalue weighted by Crippen LogP contribution is 2.20. The third kappa shape index (κ3) is 1.70. The number of hydrogen-bond donors (Lipinski definition) is 1. The fraction of sp³-hybridized carbons (Fsp3) is 0.111. The summed E-state index contributed by atoms with van der Waals surface area (Å²) in [5.41, 5.74) is 1.80. The fourth-order valence-corrected chi connectivity index (χ4v) is 1.40. The summed E-state index contributed by atoms with van der Waals surface area (Å²) < 4.78 is 5.05. The molecule has 1 N–H and O–H groups in total.